The van der Waals surface area contributed by atoms with Crippen LogP contribution in [0.3, 0.4) is 0 Å². The largest absolute Gasteiger partial charge is 0.393 e. The molecule has 1 saturated carbocycles. The van der Waals surface area contributed by atoms with E-state index in [1.54, 1.807) is 12.4 Å². The first-order chi connectivity index (χ1) is 13.2. The lowest BCUT2D eigenvalue weighted by molar-refractivity contribution is 0.0239. The van der Waals surface area contributed by atoms with E-state index in [2.05, 4.69) is 27.4 Å². The van der Waals surface area contributed by atoms with Gasteiger partial charge in [-0.15, -0.1) is 0 Å². The van der Waals surface area contributed by atoms with Crippen molar-refractivity contribution in [3.05, 3.63) is 78.1 Å². The molecule has 1 amide bonds. The summed E-state index contributed by atoms with van der Waals surface area (Å²) in [7, 11) is 0. The smallest absolute Gasteiger partial charge is 0.251 e. The number of nitrogens with zero attached hydrogens (tertiary/aromatic N) is 1. The van der Waals surface area contributed by atoms with Crippen LogP contribution in [0.5, 0.6) is 0 Å². The lowest BCUT2D eigenvalue weighted by Crippen LogP contribution is -2.48. The Kier molecular flexibility index (Phi) is 5.03. The van der Waals surface area contributed by atoms with Crippen LogP contribution in [-0.4, -0.2) is 33.1 Å². The van der Waals surface area contributed by atoms with Crippen LogP contribution in [0.25, 0.3) is 11.4 Å². The van der Waals surface area contributed by atoms with Crippen molar-refractivity contribution in [2.75, 3.05) is 0 Å². The molecule has 27 heavy (non-hydrogen) atoms. The van der Waals surface area contributed by atoms with Gasteiger partial charge >= 0.3 is 0 Å². The Labute approximate surface area is 158 Å². The number of aromatic amines is 1. The lowest BCUT2D eigenvalue weighted by Gasteiger charge is -2.38. The standard InChI is InChI=1S/C22H23N3O2/c26-19-13-18(14-19)20(11-15-5-2-1-3-6-15)25-22(27)17-8-4-7-16(12-17)21-23-9-10-24-21/h1-10,12,18-20,26H,11,13-14H2,(H,23,24)(H,25,27). The summed E-state index contributed by atoms with van der Waals surface area (Å²) < 4.78 is 0. The van der Waals surface area contributed by atoms with Crippen LogP contribution in [0.15, 0.2) is 67.0 Å². The van der Waals surface area contributed by atoms with Crippen LogP contribution in [0.2, 0.25) is 0 Å². The minimum atomic E-state index is -0.243. The van der Waals surface area contributed by atoms with Crippen LogP contribution in [-0.2, 0) is 6.42 Å². The number of rotatable bonds is 6. The second-order valence-electron chi connectivity index (χ2n) is 7.17. The van der Waals surface area contributed by atoms with Crippen molar-refractivity contribution in [1.82, 2.24) is 15.3 Å². The fourth-order valence-electron chi connectivity index (χ4n) is 3.64. The first-order valence-corrected chi connectivity index (χ1v) is 9.31. The predicted molar refractivity (Wildman–Crippen MR) is 104 cm³/mol. The highest BCUT2D eigenvalue weighted by molar-refractivity contribution is 5.95. The van der Waals surface area contributed by atoms with Gasteiger partial charge in [-0.05, 0) is 42.9 Å². The molecule has 1 atom stereocenters. The van der Waals surface area contributed by atoms with Gasteiger partial charge in [0.25, 0.3) is 5.91 Å². The third kappa shape index (κ3) is 4.09. The maximum absolute atomic E-state index is 12.9. The summed E-state index contributed by atoms with van der Waals surface area (Å²) in [6, 6.07) is 17.6. The normalized spacial score (nSPS) is 19.9. The molecule has 0 spiro atoms. The monoisotopic (exact) mass is 361 g/mol. The summed E-state index contributed by atoms with van der Waals surface area (Å²) in [4.78, 5) is 20.2. The van der Waals surface area contributed by atoms with Gasteiger partial charge < -0.3 is 15.4 Å². The Balaban J connectivity index is 1.50. The van der Waals surface area contributed by atoms with Crippen molar-refractivity contribution in [1.29, 1.82) is 0 Å². The van der Waals surface area contributed by atoms with E-state index in [9.17, 15) is 9.90 Å². The number of carbonyl (C=O) groups excluding carboxylic acids is 1. The van der Waals surface area contributed by atoms with Gasteiger partial charge in [0, 0.05) is 29.6 Å². The molecule has 0 saturated heterocycles. The first kappa shape index (κ1) is 17.5. The number of aliphatic hydroxyl groups excluding tert-OH is 1. The highest BCUT2D eigenvalue weighted by atomic mass is 16.3. The molecule has 1 aromatic heterocycles. The summed E-state index contributed by atoms with van der Waals surface area (Å²) in [5.74, 6) is 0.954. The molecule has 0 radical (unpaired) electrons. The zero-order valence-corrected chi connectivity index (χ0v) is 15.0. The summed E-state index contributed by atoms with van der Waals surface area (Å²) in [6.07, 6.45) is 5.46. The molecule has 5 nitrogen and oxygen atoms in total. The number of benzene rings is 2. The van der Waals surface area contributed by atoms with Gasteiger partial charge in [0.1, 0.15) is 5.82 Å². The molecule has 0 bridgehead atoms. The number of hydrogen-bond acceptors (Lipinski definition) is 3. The number of aliphatic hydroxyl groups is 1. The third-order valence-electron chi connectivity index (χ3n) is 5.23. The molecule has 3 N–H and O–H groups in total. The van der Waals surface area contributed by atoms with E-state index in [0.717, 1.165) is 30.7 Å². The van der Waals surface area contributed by atoms with E-state index in [4.69, 9.17) is 0 Å². The number of nitrogens with one attached hydrogen (secondary N) is 2. The van der Waals surface area contributed by atoms with Gasteiger partial charge in [0.2, 0.25) is 0 Å². The number of carbonyl (C=O) groups is 1. The lowest BCUT2D eigenvalue weighted by atomic mass is 9.75. The van der Waals surface area contributed by atoms with Gasteiger partial charge in [0.15, 0.2) is 0 Å². The average Bonchev–Trinajstić information content (AvgIpc) is 3.21. The molecule has 4 rings (SSSR count). The number of hydrogen-bond donors (Lipinski definition) is 3. The van der Waals surface area contributed by atoms with E-state index < -0.39 is 0 Å². The third-order valence-corrected chi connectivity index (χ3v) is 5.23. The molecule has 0 aliphatic heterocycles. The van der Waals surface area contributed by atoms with Crippen molar-refractivity contribution in [3.8, 4) is 11.4 Å². The maximum Gasteiger partial charge on any atom is 0.251 e. The van der Waals surface area contributed by atoms with E-state index in [1.807, 2.05) is 42.5 Å². The van der Waals surface area contributed by atoms with Crippen LogP contribution >= 0.6 is 0 Å². The predicted octanol–water partition coefficient (Wildman–Crippen LogP) is 3.19. The SMILES string of the molecule is O=C(NC(Cc1ccccc1)C1CC(O)C1)c1cccc(-c2ncc[nH]2)c1. The van der Waals surface area contributed by atoms with Gasteiger partial charge in [-0.1, -0.05) is 42.5 Å². The van der Waals surface area contributed by atoms with Gasteiger partial charge in [-0.25, -0.2) is 4.98 Å². The Morgan fingerprint density at radius 2 is 2.00 bits per heavy atom. The molecule has 1 heterocycles. The molecule has 138 valence electrons. The molecule has 2 aromatic carbocycles. The fraction of sp³-hybridized carbons (Fsp3) is 0.273. The Morgan fingerprint density at radius 1 is 1.19 bits per heavy atom. The second kappa shape index (κ2) is 7.76. The highest BCUT2D eigenvalue weighted by Crippen LogP contribution is 2.32. The zero-order chi connectivity index (χ0) is 18.6. The van der Waals surface area contributed by atoms with E-state index in [1.165, 1.54) is 5.56 Å². The molecular weight excluding hydrogens is 338 g/mol. The number of amides is 1. The summed E-state index contributed by atoms with van der Waals surface area (Å²) in [5, 5.41) is 12.9. The van der Waals surface area contributed by atoms with Gasteiger partial charge in [-0.2, -0.15) is 0 Å². The maximum atomic E-state index is 12.9. The summed E-state index contributed by atoms with van der Waals surface area (Å²) in [5.41, 5.74) is 2.68. The van der Waals surface area contributed by atoms with Crippen LogP contribution in [0.1, 0.15) is 28.8 Å². The van der Waals surface area contributed by atoms with Crippen LogP contribution in [0, 0.1) is 5.92 Å². The Morgan fingerprint density at radius 3 is 2.70 bits per heavy atom. The number of H-pyrrole nitrogens is 1. The average molecular weight is 361 g/mol. The van der Waals surface area contributed by atoms with Crippen molar-refractivity contribution in [2.45, 2.75) is 31.4 Å². The minimum Gasteiger partial charge on any atom is -0.393 e. The van der Waals surface area contributed by atoms with Crippen LogP contribution < -0.4 is 5.32 Å². The molecule has 1 fully saturated rings. The first-order valence-electron chi connectivity index (χ1n) is 9.31. The van der Waals surface area contributed by atoms with Gasteiger partial charge in [-0.3, -0.25) is 4.79 Å². The zero-order valence-electron chi connectivity index (χ0n) is 15.0. The molecule has 1 aliphatic carbocycles. The Hall–Kier alpha value is -2.92. The minimum absolute atomic E-state index is 0.00979. The van der Waals surface area contributed by atoms with E-state index in [0.29, 0.717) is 11.5 Å². The molecule has 1 unspecified atom stereocenters. The second-order valence-corrected chi connectivity index (χ2v) is 7.17. The fourth-order valence-corrected chi connectivity index (χ4v) is 3.64. The Bertz CT molecular complexity index is 887. The molecule has 3 aromatic rings. The van der Waals surface area contributed by atoms with E-state index >= 15 is 0 Å². The molecular formula is C22H23N3O2. The van der Waals surface area contributed by atoms with Crippen molar-refractivity contribution < 1.29 is 9.90 Å². The highest BCUT2D eigenvalue weighted by Gasteiger charge is 2.34. The molecule has 1 aliphatic rings. The molecule has 5 heteroatoms. The topological polar surface area (TPSA) is 78.0 Å². The van der Waals surface area contributed by atoms with Crippen molar-refractivity contribution in [3.63, 3.8) is 0 Å². The number of aromatic nitrogens is 2. The van der Waals surface area contributed by atoms with Crippen molar-refractivity contribution in [2.24, 2.45) is 5.92 Å². The van der Waals surface area contributed by atoms with Gasteiger partial charge in [0.05, 0.1) is 6.10 Å². The summed E-state index contributed by atoms with van der Waals surface area (Å²) in [6.45, 7) is 0. The quantitative estimate of drug-likeness (QED) is 0.631. The van der Waals surface area contributed by atoms with E-state index in [-0.39, 0.29) is 18.1 Å². The van der Waals surface area contributed by atoms with Crippen molar-refractivity contribution >= 4 is 5.91 Å². The summed E-state index contributed by atoms with van der Waals surface area (Å²) >= 11 is 0. The van der Waals surface area contributed by atoms with Crippen LogP contribution in [0.4, 0.5) is 0 Å². The number of imidazole rings is 1.